The molecule has 118 valence electrons. The third kappa shape index (κ3) is 4.13. The molecular weight excluding hydrogens is 330 g/mol. The smallest absolute Gasteiger partial charge is 0.175 e. The van der Waals surface area contributed by atoms with E-state index in [9.17, 15) is 0 Å². The lowest BCUT2D eigenvalue weighted by molar-refractivity contribution is 0.0961. The van der Waals surface area contributed by atoms with Crippen molar-refractivity contribution in [2.75, 3.05) is 6.61 Å². The number of halogens is 1. The second-order valence-electron chi connectivity index (χ2n) is 6.05. The Morgan fingerprint density at radius 3 is 2.62 bits per heavy atom. The van der Waals surface area contributed by atoms with Gasteiger partial charge in [0.15, 0.2) is 11.5 Å². The van der Waals surface area contributed by atoms with Crippen molar-refractivity contribution in [1.82, 2.24) is 0 Å². The van der Waals surface area contributed by atoms with Crippen LogP contribution in [0.1, 0.15) is 45.6 Å². The van der Waals surface area contributed by atoms with Gasteiger partial charge >= 0.3 is 0 Å². The van der Waals surface area contributed by atoms with Crippen LogP contribution in [0.5, 0.6) is 11.5 Å². The van der Waals surface area contributed by atoms with Gasteiger partial charge in [0.1, 0.15) is 0 Å². The fraction of sp³-hybridized carbons (Fsp3) is 0.647. The average molecular weight is 356 g/mol. The first kappa shape index (κ1) is 16.6. The summed E-state index contributed by atoms with van der Waals surface area (Å²) in [5, 5.41) is 0. The molecule has 0 amide bonds. The molecule has 0 saturated heterocycles. The average Bonchev–Trinajstić information content (AvgIpc) is 2.46. The Morgan fingerprint density at radius 1 is 1.24 bits per heavy atom. The standard InChI is InChI=1S/C17H26BrNO2/c1-4-20-16-9-13(10-19)8-15(18)17(16)21-14-6-5-11(2)12(3)7-14/h8-9,11-12,14H,4-7,10,19H2,1-3H3. The largest absolute Gasteiger partial charge is 0.490 e. The second kappa shape index (κ2) is 7.50. The van der Waals surface area contributed by atoms with Crippen LogP contribution >= 0.6 is 15.9 Å². The van der Waals surface area contributed by atoms with Crippen molar-refractivity contribution >= 4 is 15.9 Å². The highest BCUT2D eigenvalue weighted by Crippen LogP contribution is 2.40. The van der Waals surface area contributed by atoms with Gasteiger partial charge in [-0.1, -0.05) is 13.8 Å². The monoisotopic (exact) mass is 355 g/mol. The van der Waals surface area contributed by atoms with Gasteiger partial charge < -0.3 is 15.2 Å². The van der Waals surface area contributed by atoms with Crippen LogP contribution in [0, 0.1) is 11.8 Å². The van der Waals surface area contributed by atoms with E-state index >= 15 is 0 Å². The van der Waals surface area contributed by atoms with E-state index in [1.807, 2.05) is 19.1 Å². The molecule has 3 atom stereocenters. The van der Waals surface area contributed by atoms with Crippen molar-refractivity contribution in [3.8, 4) is 11.5 Å². The van der Waals surface area contributed by atoms with Crippen molar-refractivity contribution in [3.05, 3.63) is 22.2 Å². The Kier molecular flexibility index (Phi) is 5.94. The Bertz CT molecular complexity index is 478. The molecule has 1 aliphatic carbocycles. The zero-order valence-corrected chi connectivity index (χ0v) is 14.8. The molecule has 1 saturated carbocycles. The summed E-state index contributed by atoms with van der Waals surface area (Å²) >= 11 is 3.60. The molecule has 0 aromatic heterocycles. The van der Waals surface area contributed by atoms with Gasteiger partial charge in [-0.15, -0.1) is 0 Å². The molecule has 1 aromatic carbocycles. The van der Waals surface area contributed by atoms with E-state index in [0.717, 1.165) is 40.3 Å². The maximum atomic E-state index is 6.28. The van der Waals surface area contributed by atoms with E-state index in [2.05, 4.69) is 29.8 Å². The molecule has 1 aromatic rings. The van der Waals surface area contributed by atoms with E-state index in [0.29, 0.717) is 19.1 Å². The number of ether oxygens (including phenoxy) is 2. The highest BCUT2D eigenvalue weighted by Gasteiger charge is 2.27. The summed E-state index contributed by atoms with van der Waals surface area (Å²) in [6.07, 6.45) is 3.73. The van der Waals surface area contributed by atoms with E-state index in [4.69, 9.17) is 15.2 Å². The third-order valence-electron chi connectivity index (χ3n) is 4.44. The van der Waals surface area contributed by atoms with Crippen LogP contribution in [0.15, 0.2) is 16.6 Å². The summed E-state index contributed by atoms with van der Waals surface area (Å²) in [6, 6.07) is 4.01. The van der Waals surface area contributed by atoms with Crippen LogP contribution in [-0.2, 0) is 6.54 Å². The maximum Gasteiger partial charge on any atom is 0.175 e. The summed E-state index contributed by atoms with van der Waals surface area (Å²) in [4.78, 5) is 0. The Morgan fingerprint density at radius 2 is 2.00 bits per heavy atom. The lowest BCUT2D eigenvalue weighted by atomic mass is 9.80. The summed E-state index contributed by atoms with van der Waals surface area (Å²) in [7, 11) is 0. The van der Waals surface area contributed by atoms with Crippen LogP contribution in [0.2, 0.25) is 0 Å². The van der Waals surface area contributed by atoms with Gasteiger partial charge in [-0.3, -0.25) is 0 Å². The molecule has 4 heteroatoms. The van der Waals surface area contributed by atoms with Crippen molar-refractivity contribution in [2.45, 2.75) is 52.7 Å². The molecular formula is C17H26BrNO2. The van der Waals surface area contributed by atoms with Crippen LogP contribution in [-0.4, -0.2) is 12.7 Å². The molecule has 0 radical (unpaired) electrons. The Hall–Kier alpha value is -0.740. The fourth-order valence-electron chi connectivity index (χ4n) is 2.89. The first-order chi connectivity index (χ1) is 10.0. The van der Waals surface area contributed by atoms with Gasteiger partial charge in [-0.2, -0.15) is 0 Å². The molecule has 1 fully saturated rings. The minimum absolute atomic E-state index is 0.274. The van der Waals surface area contributed by atoms with Gasteiger partial charge in [-0.05, 0) is 71.6 Å². The molecule has 0 spiro atoms. The molecule has 2 N–H and O–H groups in total. The van der Waals surface area contributed by atoms with Crippen LogP contribution in [0.4, 0.5) is 0 Å². The van der Waals surface area contributed by atoms with Crippen molar-refractivity contribution in [1.29, 1.82) is 0 Å². The minimum Gasteiger partial charge on any atom is -0.490 e. The SMILES string of the molecule is CCOc1cc(CN)cc(Br)c1OC1CCC(C)C(C)C1. The number of hydrogen-bond donors (Lipinski definition) is 1. The van der Waals surface area contributed by atoms with Crippen molar-refractivity contribution < 1.29 is 9.47 Å². The van der Waals surface area contributed by atoms with Gasteiger partial charge in [0, 0.05) is 6.54 Å². The van der Waals surface area contributed by atoms with Crippen LogP contribution in [0.25, 0.3) is 0 Å². The van der Waals surface area contributed by atoms with Gasteiger partial charge in [0.2, 0.25) is 0 Å². The van der Waals surface area contributed by atoms with E-state index in [-0.39, 0.29) is 6.10 Å². The Labute approximate surface area is 136 Å². The molecule has 0 heterocycles. The predicted molar refractivity (Wildman–Crippen MR) is 89.8 cm³/mol. The lowest BCUT2D eigenvalue weighted by Crippen LogP contribution is -2.29. The van der Waals surface area contributed by atoms with E-state index in [1.54, 1.807) is 0 Å². The summed E-state index contributed by atoms with van der Waals surface area (Å²) in [6.45, 7) is 7.75. The summed E-state index contributed by atoms with van der Waals surface area (Å²) in [5.41, 5.74) is 6.78. The fourth-order valence-corrected chi connectivity index (χ4v) is 3.47. The van der Waals surface area contributed by atoms with Crippen LogP contribution in [0.3, 0.4) is 0 Å². The molecule has 21 heavy (non-hydrogen) atoms. The molecule has 1 aliphatic rings. The quantitative estimate of drug-likeness (QED) is 0.844. The highest BCUT2D eigenvalue weighted by molar-refractivity contribution is 9.10. The zero-order chi connectivity index (χ0) is 15.4. The molecule has 0 aliphatic heterocycles. The summed E-state index contributed by atoms with van der Waals surface area (Å²) in [5.74, 6) is 3.11. The highest BCUT2D eigenvalue weighted by atomic mass is 79.9. The topological polar surface area (TPSA) is 44.5 Å². The molecule has 3 nitrogen and oxygen atoms in total. The van der Waals surface area contributed by atoms with Gasteiger partial charge in [0.05, 0.1) is 17.2 Å². The second-order valence-corrected chi connectivity index (χ2v) is 6.90. The number of rotatable bonds is 5. The minimum atomic E-state index is 0.274. The van der Waals surface area contributed by atoms with E-state index < -0.39 is 0 Å². The molecule has 3 unspecified atom stereocenters. The Balaban J connectivity index is 2.18. The number of nitrogens with two attached hydrogens (primary N) is 1. The lowest BCUT2D eigenvalue weighted by Gasteiger charge is -2.32. The first-order valence-electron chi connectivity index (χ1n) is 7.87. The molecule has 0 bridgehead atoms. The number of hydrogen-bond acceptors (Lipinski definition) is 3. The van der Waals surface area contributed by atoms with Crippen molar-refractivity contribution in [3.63, 3.8) is 0 Å². The maximum absolute atomic E-state index is 6.28. The third-order valence-corrected chi connectivity index (χ3v) is 5.03. The first-order valence-corrected chi connectivity index (χ1v) is 8.66. The number of benzene rings is 1. The predicted octanol–water partition coefficient (Wildman–Crippen LogP) is 4.51. The van der Waals surface area contributed by atoms with E-state index in [1.165, 1.54) is 6.42 Å². The zero-order valence-electron chi connectivity index (χ0n) is 13.2. The molecule has 2 rings (SSSR count). The van der Waals surface area contributed by atoms with Crippen molar-refractivity contribution in [2.24, 2.45) is 17.6 Å². The van der Waals surface area contributed by atoms with Gasteiger partial charge in [0.25, 0.3) is 0 Å². The van der Waals surface area contributed by atoms with Gasteiger partial charge in [-0.25, -0.2) is 0 Å². The normalized spacial score (nSPS) is 25.7. The summed E-state index contributed by atoms with van der Waals surface area (Å²) < 4.78 is 12.9. The van der Waals surface area contributed by atoms with Crippen LogP contribution < -0.4 is 15.2 Å².